The zero-order valence-electron chi connectivity index (χ0n) is 16.2. The van der Waals surface area contributed by atoms with Crippen molar-refractivity contribution < 1.29 is 14.0 Å². The molecule has 2 amide bonds. The van der Waals surface area contributed by atoms with E-state index < -0.39 is 0 Å². The molecule has 0 radical (unpaired) electrons. The Kier molecular flexibility index (Phi) is 6.57. The molecule has 0 aliphatic heterocycles. The van der Waals surface area contributed by atoms with Crippen LogP contribution in [0, 0.1) is 5.82 Å². The Morgan fingerprint density at radius 1 is 1.07 bits per heavy atom. The number of nitrogens with zero attached hydrogens (tertiary/aromatic N) is 1. The van der Waals surface area contributed by atoms with Crippen molar-refractivity contribution in [2.75, 3.05) is 14.1 Å². The van der Waals surface area contributed by atoms with Gasteiger partial charge in [0.2, 0.25) is 0 Å². The number of nitrogens with one attached hydrogen (secondary N) is 1. The molecule has 0 fully saturated rings. The van der Waals surface area contributed by atoms with Gasteiger partial charge < -0.3 is 10.2 Å². The summed E-state index contributed by atoms with van der Waals surface area (Å²) in [5.41, 5.74) is 2.80. The van der Waals surface area contributed by atoms with Crippen molar-refractivity contribution in [2.24, 2.45) is 0 Å². The van der Waals surface area contributed by atoms with E-state index in [-0.39, 0.29) is 17.6 Å². The summed E-state index contributed by atoms with van der Waals surface area (Å²) in [4.78, 5) is 27.3. The van der Waals surface area contributed by atoms with Gasteiger partial charge in [-0.25, -0.2) is 4.39 Å². The zero-order valence-corrected chi connectivity index (χ0v) is 17.0. The molecule has 0 atom stereocenters. The Balaban J connectivity index is 1.82. The third-order valence-corrected chi connectivity index (χ3v) is 5.31. The Bertz CT molecular complexity index is 1010. The van der Waals surface area contributed by atoms with Gasteiger partial charge in [0.25, 0.3) is 11.8 Å². The molecule has 0 unspecified atom stereocenters. The lowest BCUT2D eigenvalue weighted by molar-refractivity contribution is -0.124. The fraction of sp³-hybridized carbons (Fsp3) is 0.130. The standard InChI is InChI=1S/C23H21FN2O2S/c1-25-22(27)18-9-5-17(6-10-18)15-26(2)23(28)20(21-4-3-13-29-21)14-16-7-11-19(24)12-8-16/h3-14H,15H2,1-2H3,(H,25,27)/b20-14+. The van der Waals surface area contributed by atoms with E-state index >= 15 is 0 Å². The highest BCUT2D eigenvalue weighted by Crippen LogP contribution is 2.25. The minimum Gasteiger partial charge on any atom is -0.355 e. The molecule has 6 heteroatoms. The zero-order chi connectivity index (χ0) is 20.8. The summed E-state index contributed by atoms with van der Waals surface area (Å²) in [6.07, 6.45) is 1.78. The van der Waals surface area contributed by atoms with Crippen LogP contribution in [0.5, 0.6) is 0 Å². The predicted molar refractivity (Wildman–Crippen MR) is 115 cm³/mol. The molecule has 1 aromatic heterocycles. The highest BCUT2D eigenvalue weighted by atomic mass is 32.1. The Morgan fingerprint density at radius 2 is 1.76 bits per heavy atom. The summed E-state index contributed by atoms with van der Waals surface area (Å²) in [5.74, 6) is -0.598. The number of amides is 2. The van der Waals surface area contributed by atoms with Gasteiger partial charge in [-0.1, -0.05) is 30.3 Å². The molecule has 3 rings (SSSR count). The molecule has 0 bridgehead atoms. The fourth-order valence-electron chi connectivity index (χ4n) is 2.85. The van der Waals surface area contributed by atoms with E-state index in [1.807, 2.05) is 29.6 Å². The van der Waals surface area contributed by atoms with Crippen molar-refractivity contribution in [2.45, 2.75) is 6.54 Å². The van der Waals surface area contributed by atoms with Gasteiger partial charge in [-0.05, 0) is 52.9 Å². The van der Waals surface area contributed by atoms with Gasteiger partial charge in [-0.3, -0.25) is 9.59 Å². The van der Waals surface area contributed by atoms with Crippen LogP contribution in [0.2, 0.25) is 0 Å². The molecule has 2 aromatic carbocycles. The monoisotopic (exact) mass is 408 g/mol. The summed E-state index contributed by atoms with van der Waals surface area (Å²) in [5, 5.41) is 4.50. The first-order chi connectivity index (χ1) is 14.0. The summed E-state index contributed by atoms with van der Waals surface area (Å²) in [6.45, 7) is 0.402. The smallest absolute Gasteiger partial charge is 0.255 e. The first-order valence-corrected chi connectivity index (χ1v) is 9.93. The topological polar surface area (TPSA) is 49.4 Å². The fourth-order valence-corrected chi connectivity index (χ4v) is 3.59. The number of thiophene rings is 1. The van der Waals surface area contributed by atoms with Gasteiger partial charge in [0.05, 0.1) is 5.57 Å². The molecule has 29 heavy (non-hydrogen) atoms. The van der Waals surface area contributed by atoms with Gasteiger partial charge in [-0.15, -0.1) is 11.3 Å². The molecule has 1 N–H and O–H groups in total. The molecule has 0 aliphatic carbocycles. The molecule has 0 spiro atoms. The molecule has 0 aliphatic rings. The van der Waals surface area contributed by atoms with Gasteiger partial charge in [0.1, 0.15) is 5.82 Å². The lowest BCUT2D eigenvalue weighted by atomic mass is 10.1. The van der Waals surface area contributed by atoms with E-state index in [0.29, 0.717) is 17.7 Å². The number of carbonyl (C=O) groups is 2. The van der Waals surface area contributed by atoms with Crippen molar-refractivity contribution >= 4 is 34.8 Å². The highest BCUT2D eigenvalue weighted by molar-refractivity contribution is 7.11. The van der Waals surface area contributed by atoms with Gasteiger partial charge in [-0.2, -0.15) is 0 Å². The maximum absolute atomic E-state index is 13.2. The quantitative estimate of drug-likeness (QED) is 0.613. The molecule has 4 nitrogen and oxygen atoms in total. The molecule has 0 saturated carbocycles. The summed E-state index contributed by atoms with van der Waals surface area (Å²) < 4.78 is 13.2. The summed E-state index contributed by atoms with van der Waals surface area (Å²) in [7, 11) is 3.32. The number of benzene rings is 2. The lowest BCUT2D eigenvalue weighted by Crippen LogP contribution is -2.27. The third-order valence-electron chi connectivity index (χ3n) is 4.41. The normalized spacial score (nSPS) is 11.2. The molecule has 3 aromatic rings. The average molecular weight is 408 g/mol. The second-order valence-corrected chi connectivity index (χ2v) is 7.47. The maximum Gasteiger partial charge on any atom is 0.255 e. The molecular weight excluding hydrogens is 387 g/mol. The second-order valence-electron chi connectivity index (χ2n) is 6.52. The predicted octanol–water partition coefficient (Wildman–Crippen LogP) is 4.45. The van der Waals surface area contributed by atoms with Crippen molar-refractivity contribution in [1.29, 1.82) is 0 Å². The number of hydrogen-bond acceptors (Lipinski definition) is 3. The van der Waals surface area contributed by atoms with Crippen LogP contribution in [0.3, 0.4) is 0 Å². The first kappa shape index (κ1) is 20.5. The SMILES string of the molecule is CNC(=O)c1ccc(CN(C)C(=O)/C(=C/c2ccc(F)cc2)c2cccs2)cc1. The lowest BCUT2D eigenvalue weighted by Gasteiger charge is -2.19. The second kappa shape index (κ2) is 9.30. The number of likely N-dealkylation sites (N-methyl/N-ethyl adjacent to an activating group) is 1. The minimum atomic E-state index is -0.316. The third kappa shape index (κ3) is 5.18. The Hall–Kier alpha value is -3.25. The summed E-state index contributed by atoms with van der Waals surface area (Å²) in [6, 6.07) is 17.0. The average Bonchev–Trinajstić information content (AvgIpc) is 3.27. The van der Waals surface area contributed by atoms with E-state index in [1.165, 1.54) is 23.5 Å². The van der Waals surface area contributed by atoms with E-state index in [0.717, 1.165) is 16.0 Å². The van der Waals surface area contributed by atoms with Crippen molar-refractivity contribution in [3.05, 3.63) is 93.4 Å². The number of rotatable bonds is 6. The van der Waals surface area contributed by atoms with Crippen molar-refractivity contribution in [1.82, 2.24) is 10.2 Å². The van der Waals surface area contributed by atoms with Crippen LogP contribution in [0.25, 0.3) is 11.6 Å². The van der Waals surface area contributed by atoms with E-state index in [9.17, 15) is 14.0 Å². The molecular formula is C23H21FN2O2S. The molecule has 1 heterocycles. The van der Waals surface area contributed by atoms with Crippen LogP contribution in [0.4, 0.5) is 4.39 Å². The van der Waals surface area contributed by atoms with Crippen LogP contribution in [0.15, 0.2) is 66.0 Å². The number of carbonyl (C=O) groups excluding carboxylic acids is 2. The van der Waals surface area contributed by atoms with Gasteiger partial charge >= 0.3 is 0 Å². The molecule has 0 saturated heterocycles. The van der Waals surface area contributed by atoms with Crippen LogP contribution < -0.4 is 5.32 Å². The number of hydrogen-bond donors (Lipinski definition) is 1. The van der Waals surface area contributed by atoms with Gasteiger partial charge in [0.15, 0.2) is 0 Å². The van der Waals surface area contributed by atoms with Crippen LogP contribution in [-0.4, -0.2) is 30.8 Å². The summed E-state index contributed by atoms with van der Waals surface area (Å²) >= 11 is 1.48. The van der Waals surface area contributed by atoms with Gasteiger partial charge in [0, 0.05) is 31.1 Å². The minimum absolute atomic E-state index is 0.132. The Morgan fingerprint density at radius 3 is 2.34 bits per heavy atom. The number of halogens is 1. The maximum atomic E-state index is 13.2. The largest absolute Gasteiger partial charge is 0.355 e. The highest BCUT2D eigenvalue weighted by Gasteiger charge is 2.18. The van der Waals surface area contributed by atoms with E-state index in [2.05, 4.69) is 5.32 Å². The molecule has 148 valence electrons. The Labute approximate surface area is 173 Å². The van der Waals surface area contributed by atoms with Crippen LogP contribution in [0.1, 0.15) is 26.4 Å². The van der Waals surface area contributed by atoms with Crippen molar-refractivity contribution in [3.8, 4) is 0 Å². The van der Waals surface area contributed by atoms with Crippen LogP contribution in [-0.2, 0) is 11.3 Å². The van der Waals surface area contributed by atoms with E-state index in [1.54, 1.807) is 49.3 Å². The van der Waals surface area contributed by atoms with E-state index in [4.69, 9.17) is 0 Å². The van der Waals surface area contributed by atoms with Crippen LogP contribution >= 0.6 is 11.3 Å². The first-order valence-electron chi connectivity index (χ1n) is 9.05. The van der Waals surface area contributed by atoms with Crippen molar-refractivity contribution in [3.63, 3.8) is 0 Å².